The summed E-state index contributed by atoms with van der Waals surface area (Å²) in [5.41, 5.74) is 7.71. The molecule has 27 heavy (non-hydrogen) atoms. The lowest BCUT2D eigenvalue weighted by Gasteiger charge is -2.31. The molecule has 142 valence electrons. The van der Waals surface area contributed by atoms with Gasteiger partial charge >= 0.3 is 0 Å². The number of nitrogen functional groups attached to an aromatic ring is 1. The zero-order valence-electron chi connectivity index (χ0n) is 14.9. The van der Waals surface area contributed by atoms with Crippen LogP contribution in [0.15, 0.2) is 18.2 Å². The lowest BCUT2D eigenvalue weighted by molar-refractivity contribution is -0.116. The zero-order chi connectivity index (χ0) is 19.0. The number of carbonyl (C=O) groups is 1. The van der Waals surface area contributed by atoms with Crippen molar-refractivity contribution in [3.8, 4) is 11.5 Å². The summed E-state index contributed by atoms with van der Waals surface area (Å²) in [5, 5.41) is 12.5. The van der Waals surface area contributed by atoms with E-state index in [0.29, 0.717) is 55.2 Å². The summed E-state index contributed by atoms with van der Waals surface area (Å²) >= 11 is 0. The van der Waals surface area contributed by atoms with Gasteiger partial charge in [-0.1, -0.05) is 6.07 Å². The molecule has 3 heterocycles. The Morgan fingerprint density at radius 3 is 2.85 bits per heavy atom. The Morgan fingerprint density at radius 2 is 2.11 bits per heavy atom. The van der Waals surface area contributed by atoms with Gasteiger partial charge in [0.2, 0.25) is 11.9 Å². The van der Waals surface area contributed by atoms with E-state index < -0.39 is 0 Å². The maximum absolute atomic E-state index is 12.3. The molecule has 1 unspecified atom stereocenters. The number of fused-ring (bicyclic) bond motifs is 1. The molecular formula is C18H21N5O4. The molecule has 1 atom stereocenters. The molecule has 1 aromatic carbocycles. The highest BCUT2D eigenvalue weighted by Crippen LogP contribution is 2.43. The van der Waals surface area contributed by atoms with Gasteiger partial charge in [0.1, 0.15) is 23.1 Å². The molecule has 1 saturated heterocycles. The van der Waals surface area contributed by atoms with E-state index in [1.165, 1.54) is 13.2 Å². The quantitative estimate of drug-likeness (QED) is 0.733. The molecule has 9 heteroatoms. The number of nitrogens with one attached hydrogen (secondary N) is 1. The highest BCUT2D eigenvalue weighted by molar-refractivity contribution is 5.95. The number of morpholine rings is 1. The molecule has 0 spiro atoms. The second kappa shape index (κ2) is 6.92. The van der Waals surface area contributed by atoms with E-state index in [2.05, 4.69) is 15.3 Å². The first-order chi connectivity index (χ1) is 13.1. The van der Waals surface area contributed by atoms with Gasteiger partial charge in [-0.05, 0) is 6.07 Å². The van der Waals surface area contributed by atoms with Gasteiger partial charge in [-0.3, -0.25) is 4.79 Å². The molecule has 4 N–H and O–H groups in total. The second-order valence-corrected chi connectivity index (χ2v) is 6.50. The van der Waals surface area contributed by atoms with Gasteiger partial charge in [0, 0.05) is 42.6 Å². The van der Waals surface area contributed by atoms with E-state index in [9.17, 15) is 9.90 Å². The van der Waals surface area contributed by atoms with Crippen LogP contribution in [0.3, 0.4) is 0 Å². The standard InChI is InChI=1S/C18H21N5O4/c1-26-13-8-10(24)2-3-11(13)12-9-14(25)20-17-15(12)16(19)21-18(22-17)23-4-6-27-7-5-23/h2-3,8,12,24H,4-7,9H2,1H3,(H3,19,20,21,22,25). The first kappa shape index (κ1) is 17.3. The normalized spacial score (nSPS) is 19.4. The lowest BCUT2D eigenvalue weighted by Crippen LogP contribution is -2.38. The number of anilines is 3. The Kier molecular flexibility index (Phi) is 4.44. The van der Waals surface area contributed by atoms with E-state index in [1.807, 2.05) is 4.90 Å². The summed E-state index contributed by atoms with van der Waals surface area (Å²) in [6, 6.07) is 4.81. The van der Waals surface area contributed by atoms with Gasteiger partial charge in [-0.2, -0.15) is 9.97 Å². The van der Waals surface area contributed by atoms with E-state index in [-0.39, 0.29) is 24.0 Å². The van der Waals surface area contributed by atoms with Crippen LogP contribution >= 0.6 is 0 Å². The number of hydrogen-bond acceptors (Lipinski definition) is 8. The molecule has 1 amide bonds. The summed E-state index contributed by atoms with van der Waals surface area (Å²) in [6.45, 7) is 2.53. The van der Waals surface area contributed by atoms with Gasteiger partial charge in [0.05, 0.1) is 20.3 Å². The van der Waals surface area contributed by atoms with Crippen molar-refractivity contribution in [2.75, 3.05) is 49.4 Å². The van der Waals surface area contributed by atoms with Crippen molar-refractivity contribution in [2.45, 2.75) is 12.3 Å². The van der Waals surface area contributed by atoms with Gasteiger partial charge in [0.25, 0.3) is 0 Å². The van der Waals surface area contributed by atoms with Crippen LogP contribution in [0.4, 0.5) is 17.6 Å². The van der Waals surface area contributed by atoms with E-state index in [0.717, 1.165) is 5.56 Å². The third-order valence-corrected chi connectivity index (χ3v) is 4.85. The van der Waals surface area contributed by atoms with Crippen LogP contribution in [0.5, 0.6) is 11.5 Å². The smallest absolute Gasteiger partial charge is 0.229 e. The fourth-order valence-corrected chi connectivity index (χ4v) is 3.54. The van der Waals surface area contributed by atoms with Crippen molar-refractivity contribution in [1.29, 1.82) is 0 Å². The number of phenols is 1. The van der Waals surface area contributed by atoms with Gasteiger partial charge in [-0.15, -0.1) is 0 Å². The van der Waals surface area contributed by atoms with Crippen LogP contribution in [0.2, 0.25) is 0 Å². The van der Waals surface area contributed by atoms with Crippen LogP contribution in [0, 0.1) is 0 Å². The van der Waals surface area contributed by atoms with E-state index >= 15 is 0 Å². The molecule has 9 nitrogen and oxygen atoms in total. The first-order valence-electron chi connectivity index (χ1n) is 8.73. The molecular weight excluding hydrogens is 350 g/mol. The monoisotopic (exact) mass is 371 g/mol. The number of nitrogens with two attached hydrogens (primary N) is 1. The number of aromatic hydroxyl groups is 1. The van der Waals surface area contributed by atoms with Crippen molar-refractivity contribution in [3.05, 3.63) is 29.3 Å². The van der Waals surface area contributed by atoms with Crippen LogP contribution in [-0.4, -0.2) is 54.4 Å². The average molecular weight is 371 g/mol. The summed E-state index contributed by atoms with van der Waals surface area (Å²) in [5.74, 6) is 1.27. The number of benzene rings is 1. The number of methoxy groups -OCH3 is 1. The highest BCUT2D eigenvalue weighted by atomic mass is 16.5. The molecule has 1 fully saturated rings. The number of hydrogen-bond donors (Lipinski definition) is 3. The first-order valence-corrected chi connectivity index (χ1v) is 8.73. The molecule has 0 bridgehead atoms. The maximum Gasteiger partial charge on any atom is 0.229 e. The Balaban J connectivity index is 1.79. The van der Waals surface area contributed by atoms with Crippen LogP contribution in [0.1, 0.15) is 23.5 Å². The van der Waals surface area contributed by atoms with Gasteiger partial charge in [0.15, 0.2) is 0 Å². The number of aromatic nitrogens is 2. The largest absolute Gasteiger partial charge is 0.508 e. The second-order valence-electron chi connectivity index (χ2n) is 6.50. The zero-order valence-corrected chi connectivity index (χ0v) is 14.9. The van der Waals surface area contributed by atoms with Crippen LogP contribution < -0.4 is 20.7 Å². The Labute approximate surface area is 156 Å². The summed E-state index contributed by atoms with van der Waals surface area (Å²) < 4.78 is 10.8. The number of ether oxygens (including phenoxy) is 2. The summed E-state index contributed by atoms with van der Waals surface area (Å²) in [4.78, 5) is 23.4. The SMILES string of the molecule is COc1cc(O)ccc1C1CC(=O)Nc2nc(N3CCOCC3)nc(N)c21. The number of nitrogens with zero attached hydrogens (tertiary/aromatic N) is 3. The topological polar surface area (TPSA) is 123 Å². The lowest BCUT2D eigenvalue weighted by atomic mass is 9.85. The third kappa shape index (κ3) is 3.21. The predicted octanol–water partition coefficient (Wildman–Crippen LogP) is 1.08. The van der Waals surface area contributed by atoms with Gasteiger partial charge < -0.3 is 30.5 Å². The predicted molar refractivity (Wildman–Crippen MR) is 99.2 cm³/mol. The Morgan fingerprint density at radius 1 is 1.33 bits per heavy atom. The fraction of sp³-hybridized carbons (Fsp3) is 0.389. The third-order valence-electron chi connectivity index (χ3n) is 4.85. The van der Waals surface area contributed by atoms with Crippen LogP contribution in [0.25, 0.3) is 0 Å². The molecule has 4 rings (SSSR count). The molecule has 0 aliphatic carbocycles. The number of phenolic OH excluding ortho intramolecular Hbond substituents is 1. The minimum atomic E-state index is -0.358. The minimum absolute atomic E-state index is 0.0861. The minimum Gasteiger partial charge on any atom is -0.508 e. The molecule has 2 aliphatic rings. The number of carbonyl (C=O) groups excluding carboxylic acids is 1. The van der Waals surface area contributed by atoms with Crippen molar-refractivity contribution in [2.24, 2.45) is 0 Å². The molecule has 1 aromatic heterocycles. The van der Waals surface area contributed by atoms with Crippen molar-refractivity contribution in [3.63, 3.8) is 0 Å². The fourth-order valence-electron chi connectivity index (χ4n) is 3.54. The van der Waals surface area contributed by atoms with Crippen molar-refractivity contribution in [1.82, 2.24) is 9.97 Å². The molecule has 0 saturated carbocycles. The van der Waals surface area contributed by atoms with E-state index in [4.69, 9.17) is 15.2 Å². The molecule has 0 radical (unpaired) electrons. The van der Waals surface area contributed by atoms with E-state index in [1.54, 1.807) is 12.1 Å². The van der Waals surface area contributed by atoms with Crippen molar-refractivity contribution < 1.29 is 19.4 Å². The Bertz CT molecular complexity index is 882. The maximum atomic E-state index is 12.3. The number of rotatable bonds is 3. The summed E-state index contributed by atoms with van der Waals surface area (Å²) in [7, 11) is 1.52. The van der Waals surface area contributed by atoms with Crippen LogP contribution in [-0.2, 0) is 9.53 Å². The Hall–Kier alpha value is -3.07. The summed E-state index contributed by atoms with van der Waals surface area (Å²) in [6.07, 6.45) is 0.193. The number of amides is 1. The highest BCUT2D eigenvalue weighted by Gasteiger charge is 2.33. The molecule has 2 aliphatic heterocycles. The molecule has 2 aromatic rings. The van der Waals surface area contributed by atoms with Gasteiger partial charge in [-0.25, -0.2) is 0 Å². The van der Waals surface area contributed by atoms with Crippen molar-refractivity contribution >= 4 is 23.5 Å². The average Bonchev–Trinajstić information content (AvgIpc) is 2.67.